The van der Waals surface area contributed by atoms with Gasteiger partial charge in [0.25, 0.3) is 0 Å². The SMILES string of the molecule is CCCOc1cccc(CCN)c1.Cl. The molecule has 0 saturated heterocycles. The van der Waals surface area contributed by atoms with Crippen molar-refractivity contribution in [3.05, 3.63) is 29.8 Å². The summed E-state index contributed by atoms with van der Waals surface area (Å²) in [4.78, 5) is 0. The minimum Gasteiger partial charge on any atom is -0.494 e. The Morgan fingerprint density at radius 1 is 1.36 bits per heavy atom. The van der Waals surface area contributed by atoms with Crippen molar-refractivity contribution in [2.75, 3.05) is 13.2 Å². The maximum atomic E-state index is 5.50. The highest BCUT2D eigenvalue weighted by atomic mass is 35.5. The lowest BCUT2D eigenvalue weighted by Gasteiger charge is -2.05. The lowest BCUT2D eigenvalue weighted by molar-refractivity contribution is 0.317. The lowest BCUT2D eigenvalue weighted by Crippen LogP contribution is -2.03. The summed E-state index contributed by atoms with van der Waals surface area (Å²) in [6.07, 6.45) is 1.96. The van der Waals surface area contributed by atoms with E-state index in [1.165, 1.54) is 5.56 Å². The van der Waals surface area contributed by atoms with E-state index in [0.717, 1.165) is 25.2 Å². The summed E-state index contributed by atoms with van der Waals surface area (Å²) in [6.45, 7) is 3.58. The summed E-state index contributed by atoms with van der Waals surface area (Å²) < 4.78 is 5.50. The van der Waals surface area contributed by atoms with Crippen molar-refractivity contribution in [3.8, 4) is 5.75 Å². The van der Waals surface area contributed by atoms with Crippen LogP contribution < -0.4 is 10.5 Å². The van der Waals surface area contributed by atoms with Gasteiger partial charge in [-0.15, -0.1) is 12.4 Å². The highest BCUT2D eigenvalue weighted by molar-refractivity contribution is 5.85. The van der Waals surface area contributed by atoms with E-state index in [2.05, 4.69) is 19.1 Å². The summed E-state index contributed by atoms with van der Waals surface area (Å²) in [6, 6.07) is 8.12. The predicted octanol–water partition coefficient (Wildman–Crippen LogP) is 2.40. The Kier molecular flexibility index (Phi) is 7.25. The van der Waals surface area contributed by atoms with Crippen LogP contribution in [0.5, 0.6) is 5.75 Å². The lowest BCUT2D eigenvalue weighted by atomic mass is 10.1. The fourth-order valence-corrected chi connectivity index (χ4v) is 1.18. The van der Waals surface area contributed by atoms with Crippen molar-refractivity contribution in [2.24, 2.45) is 5.73 Å². The molecular weight excluding hydrogens is 198 g/mol. The molecule has 14 heavy (non-hydrogen) atoms. The molecule has 0 aromatic heterocycles. The average molecular weight is 216 g/mol. The van der Waals surface area contributed by atoms with Crippen LogP contribution >= 0.6 is 12.4 Å². The van der Waals surface area contributed by atoms with Gasteiger partial charge in [0.2, 0.25) is 0 Å². The minimum absolute atomic E-state index is 0. The molecule has 0 saturated carbocycles. The fraction of sp³-hybridized carbons (Fsp3) is 0.455. The summed E-state index contributed by atoms with van der Waals surface area (Å²) >= 11 is 0. The molecule has 2 N–H and O–H groups in total. The van der Waals surface area contributed by atoms with Crippen LogP contribution in [0.25, 0.3) is 0 Å². The molecule has 0 aliphatic carbocycles. The van der Waals surface area contributed by atoms with Crippen molar-refractivity contribution in [1.82, 2.24) is 0 Å². The normalized spacial score (nSPS) is 9.29. The van der Waals surface area contributed by atoms with E-state index in [1.807, 2.05) is 12.1 Å². The third-order valence-corrected chi connectivity index (χ3v) is 1.80. The van der Waals surface area contributed by atoms with Crippen LogP contribution in [0, 0.1) is 0 Å². The molecule has 0 unspecified atom stereocenters. The molecule has 0 aliphatic rings. The third-order valence-electron chi connectivity index (χ3n) is 1.80. The summed E-state index contributed by atoms with van der Waals surface area (Å²) in [5, 5.41) is 0. The Hall–Kier alpha value is -0.730. The van der Waals surface area contributed by atoms with E-state index in [-0.39, 0.29) is 12.4 Å². The number of nitrogens with two attached hydrogens (primary N) is 1. The van der Waals surface area contributed by atoms with Crippen molar-refractivity contribution >= 4 is 12.4 Å². The molecule has 0 spiro atoms. The average Bonchev–Trinajstić information content (AvgIpc) is 2.16. The topological polar surface area (TPSA) is 35.2 Å². The van der Waals surface area contributed by atoms with Gasteiger partial charge in [0.15, 0.2) is 0 Å². The van der Waals surface area contributed by atoms with Crippen LogP contribution in [0.4, 0.5) is 0 Å². The van der Waals surface area contributed by atoms with E-state index < -0.39 is 0 Å². The first kappa shape index (κ1) is 13.3. The number of benzene rings is 1. The number of hydrogen-bond acceptors (Lipinski definition) is 2. The molecular formula is C11H18ClNO. The third kappa shape index (κ3) is 4.49. The molecule has 0 atom stereocenters. The maximum absolute atomic E-state index is 5.50. The number of halogens is 1. The van der Waals surface area contributed by atoms with Crippen molar-refractivity contribution in [3.63, 3.8) is 0 Å². The zero-order valence-corrected chi connectivity index (χ0v) is 9.35. The first-order chi connectivity index (χ1) is 6.36. The number of rotatable bonds is 5. The molecule has 0 fully saturated rings. The van der Waals surface area contributed by atoms with E-state index in [0.29, 0.717) is 6.54 Å². The Morgan fingerprint density at radius 3 is 2.79 bits per heavy atom. The maximum Gasteiger partial charge on any atom is 0.119 e. The Balaban J connectivity index is 0.00000169. The van der Waals surface area contributed by atoms with E-state index in [9.17, 15) is 0 Å². The molecule has 0 aliphatic heterocycles. The van der Waals surface area contributed by atoms with Crippen LogP contribution in [0.1, 0.15) is 18.9 Å². The van der Waals surface area contributed by atoms with Gasteiger partial charge in [-0.3, -0.25) is 0 Å². The monoisotopic (exact) mass is 215 g/mol. The quantitative estimate of drug-likeness (QED) is 0.819. The second-order valence-corrected chi connectivity index (χ2v) is 3.03. The predicted molar refractivity (Wildman–Crippen MR) is 62.2 cm³/mol. The van der Waals surface area contributed by atoms with Crippen molar-refractivity contribution < 1.29 is 4.74 Å². The highest BCUT2D eigenvalue weighted by Gasteiger charge is 1.95. The Morgan fingerprint density at radius 2 is 2.14 bits per heavy atom. The first-order valence-electron chi connectivity index (χ1n) is 4.78. The van der Waals surface area contributed by atoms with E-state index >= 15 is 0 Å². The van der Waals surface area contributed by atoms with Gasteiger partial charge >= 0.3 is 0 Å². The van der Waals surface area contributed by atoms with Gasteiger partial charge in [0.1, 0.15) is 5.75 Å². The van der Waals surface area contributed by atoms with Gasteiger partial charge in [-0.25, -0.2) is 0 Å². The largest absolute Gasteiger partial charge is 0.494 e. The van der Waals surface area contributed by atoms with E-state index in [1.54, 1.807) is 0 Å². The second kappa shape index (κ2) is 7.65. The van der Waals surface area contributed by atoms with Crippen molar-refractivity contribution in [2.45, 2.75) is 19.8 Å². The molecule has 0 radical (unpaired) electrons. The van der Waals surface area contributed by atoms with Crippen LogP contribution in [0.15, 0.2) is 24.3 Å². The van der Waals surface area contributed by atoms with Crippen LogP contribution in [0.2, 0.25) is 0 Å². The zero-order chi connectivity index (χ0) is 9.52. The summed E-state index contributed by atoms with van der Waals surface area (Å²) in [5.41, 5.74) is 6.72. The molecule has 80 valence electrons. The van der Waals surface area contributed by atoms with Gasteiger partial charge in [0.05, 0.1) is 6.61 Å². The molecule has 0 bridgehead atoms. The van der Waals surface area contributed by atoms with Gasteiger partial charge in [-0.1, -0.05) is 19.1 Å². The minimum atomic E-state index is 0. The molecule has 0 amide bonds. The van der Waals surface area contributed by atoms with Gasteiger partial charge < -0.3 is 10.5 Å². The van der Waals surface area contributed by atoms with Gasteiger partial charge in [-0.2, -0.15) is 0 Å². The molecule has 1 aromatic rings. The summed E-state index contributed by atoms with van der Waals surface area (Å²) in [5.74, 6) is 0.952. The smallest absolute Gasteiger partial charge is 0.119 e. The standard InChI is InChI=1S/C11H17NO.ClH/c1-2-8-13-11-5-3-4-10(9-11)6-7-12;/h3-5,9H,2,6-8,12H2,1H3;1H. The zero-order valence-electron chi connectivity index (χ0n) is 8.53. The second-order valence-electron chi connectivity index (χ2n) is 3.03. The summed E-state index contributed by atoms with van der Waals surface area (Å²) in [7, 11) is 0. The van der Waals surface area contributed by atoms with Crippen LogP contribution in [-0.2, 0) is 6.42 Å². The molecule has 1 aromatic carbocycles. The van der Waals surface area contributed by atoms with Crippen LogP contribution in [0.3, 0.4) is 0 Å². The fourth-order valence-electron chi connectivity index (χ4n) is 1.18. The molecule has 3 heteroatoms. The van der Waals surface area contributed by atoms with E-state index in [4.69, 9.17) is 10.5 Å². The van der Waals surface area contributed by atoms with Gasteiger partial charge in [0, 0.05) is 0 Å². The highest BCUT2D eigenvalue weighted by Crippen LogP contribution is 2.13. The van der Waals surface area contributed by atoms with Crippen molar-refractivity contribution in [1.29, 1.82) is 0 Å². The molecule has 2 nitrogen and oxygen atoms in total. The van der Waals surface area contributed by atoms with Gasteiger partial charge in [-0.05, 0) is 37.1 Å². The Bertz CT molecular complexity index is 253. The first-order valence-corrected chi connectivity index (χ1v) is 4.78. The number of hydrogen-bond donors (Lipinski definition) is 1. The molecule has 0 heterocycles. The number of ether oxygens (including phenoxy) is 1. The van der Waals surface area contributed by atoms with Crippen LogP contribution in [-0.4, -0.2) is 13.2 Å². The molecule has 1 rings (SSSR count). The Labute approximate surface area is 91.9 Å².